The summed E-state index contributed by atoms with van der Waals surface area (Å²) in [6.07, 6.45) is 1.56. The molecule has 1 amide bonds. The van der Waals surface area contributed by atoms with Gasteiger partial charge >= 0.3 is 0 Å². The van der Waals surface area contributed by atoms with Gasteiger partial charge in [0.1, 0.15) is 5.82 Å². The number of aliphatic hydroxyl groups excluding tert-OH is 1. The van der Waals surface area contributed by atoms with E-state index in [0.29, 0.717) is 17.6 Å². The highest BCUT2D eigenvalue weighted by Crippen LogP contribution is 2.18. The van der Waals surface area contributed by atoms with Crippen molar-refractivity contribution in [1.29, 1.82) is 0 Å². The van der Waals surface area contributed by atoms with E-state index in [9.17, 15) is 9.90 Å². The minimum absolute atomic E-state index is 0.162. The van der Waals surface area contributed by atoms with E-state index in [1.807, 2.05) is 44.2 Å². The largest absolute Gasteiger partial charge is 0.388 e. The Labute approximate surface area is 140 Å². The number of aryl methyl sites for hydroxylation is 1. The molecule has 0 saturated heterocycles. The van der Waals surface area contributed by atoms with Crippen molar-refractivity contribution in [2.24, 2.45) is 0 Å². The molecule has 3 rings (SSSR count). The zero-order valence-electron chi connectivity index (χ0n) is 13.7. The SMILES string of the molecule is Cc1nnc2ccc(C(=O)NC(C)CC(O)c3ccccc3)cn12. The fourth-order valence-electron chi connectivity index (χ4n) is 2.65. The van der Waals surface area contributed by atoms with Gasteiger partial charge in [0, 0.05) is 12.2 Å². The molecular weight excluding hydrogens is 304 g/mol. The van der Waals surface area contributed by atoms with Crippen LogP contribution in [0.25, 0.3) is 5.65 Å². The van der Waals surface area contributed by atoms with E-state index in [0.717, 1.165) is 11.4 Å². The van der Waals surface area contributed by atoms with Gasteiger partial charge in [-0.05, 0) is 38.0 Å². The molecular formula is C18H20N4O2. The topological polar surface area (TPSA) is 79.5 Å². The molecule has 2 aromatic heterocycles. The van der Waals surface area contributed by atoms with E-state index in [-0.39, 0.29) is 11.9 Å². The second-order valence-corrected chi connectivity index (χ2v) is 5.93. The molecule has 2 N–H and O–H groups in total. The van der Waals surface area contributed by atoms with Gasteiger partial charge in [0.2, 0.25) is 0 Å². The lowest BCUT2D eigenvalue weighted by Crippen LogP contribution is -2.33. The molecule has 2 unspecified atom stereocenters. The van der Waals surface area contributed by atoms with E-state index in [4.69, 9.17) is 0 Å². The summed E-state index contributed by atoms with van der Waals surface area (Å²) in [6, 6.07) is 12.8. The summed E-state index contributed by atoms with van der Waals surface area (Å²) in [4.78, 5) is 12.4. The first kappa shape index (κ1) is 16.1. The molecule has 0 aliphatic heterocycles. The number of carbonyl (C=O) groups excluding carboxylic acids is 1. The summed E-state index contributed by atoms with van der Waals surface area (Å²) < 4.78 is 1.78. The number of amides is 1. The van der Waals surface area contributed by atoms with Crippen LogP contribution in [0.5, 0.6) is 0 Å². The number of rotatable bonds is 5. The first-order valence-electron chi connectivity index (χ1n) is 7.90. The summed E-state index contributed by atoms with van der Waals surface area (Å²) in [5.41, 5.74) is 2.09. The zero-order chi connectivity index (χ0) is 17.1. The predicted molar refractivity (Wildman–Crippen MR) is 90.7 cm³/mol. The van der Waals surface area contributed by atoms with Gasteiger partial charge in [0.25, 0.3) is 5.91 Å². The molecule has 0 aliphatic carbocycles. The first-order valence-corrected chi connectivity index (χ1v) is 7.90. The van der Waals surface area contributed by atoms with Crippen molar-refractivity contribution in [2.75, 3.05) is 0 Å². The number of fused-ring (bicyclic) bond motifs is 1. The van der Waals surface area contributed by atoms with Crippen molar-refractivity contribution < 1.29 is 9.90 Å². The number of hydrogen-bond donors (Lipinski definition) is 2. The standard InChI is InChI=1S/C18H20N4O2/c1-12(10-16(23)14-6-4-3-5-7-14)19-18(24)15-8-9-17-21-20-13(2)22(17)11-15/h3-9,11-12,16,23H,10H2,1-2H3,(H,19,24). The van der Waals surface area contributed by atoms with Crippen LogP contribution in [0.4, 0.5) is 0 Å². The Morgan fingerprint density at radius 3 is 2.71 bits per heavy atom. The summed E-state index contributed by atoms with van der Waals surface area (Å²) >= 11 is 0. The van der Waals surface area contributed by atoms with E-state index in [1.54, 1.807) is 22.7 Å². The highest BCUT2D eigenvalue weighted by molar-refractivity contribution is 5.94. The van der Waals surface area contributed by atoms with Crippen LogP contribution in [0.15, 0.2) is 48.7 Å². The third kappa shape index (κ3) is 3.44. The van der Waals surface area contributed by atoms with Crippen LogP contribution in [0.1, 0.15) is 41.2 Å². The molecule has 2 atom stereocenters. The molecule has 6 heteroatoms. The molecule has 2 heterocycles. The van der Waals surface area contributed by atoms with Crippen molar-refractivity contribution in [1.82, 2.24) is 19.9 Å². The highest BCUT2D eigenvalue weighted by atomic mass is 16.3. The van der Waals surface area contributed by atoms with E-state index < -0.39 is 6.10 Å². The average molecular weight is 324 g/mol. The van der Waals surface area contributed by atoms with Crippen LogP contribution in [-0.4, -0.2) is 31.7 Å². The number of nitrogens with one attached hydrogen (secondary N) is 1. The van der Waals surface area contributed by atoms with Gasteiger partial charge in [-0.15, -0.1) is 10.2 Å². The van der Waals surface area contributed by atoms with E-state index >= 15 is 0 Å². The van der Waals surface area contributed by atoms with Crippen LogP contribution < -0.4 is 5.32 Å². The molecule has 3 aromatic rings. The van der Waals surface area contributed by atoms with E-state index in [2.05, 4.69) is 15.5 Å². The lowest BCUT2D eigenvalue weighted by atomic mass is 10.0. The second-order valence-electron chi connectivity index (χ2n) is 5.93. The predicted octanol–water partition coefficient (Wildman–Crippen LogP) is 2.28. The van der Waals surface area contributed by atoms with Gasteiger partial charge < -0.3 is 10.4 Å². The van der Waals surface area contributed by atoms with Crippen LogP contribution in [0, 0.1) is 6.92 Å². The Morgan fingerprint density at radius 2 is 1.96 bits per heavy atom. The zero-order valence-corrected chi connectivity index (χ0v) is 13.7. The number of nitrogens with zero attached hydrogens (tertiary/aromatic N) is 3. The van der Waals surface area contributed by atoms with Gasteiger partial charge in [-0.1, -0.05) is 30.3 Å². The fraction of sp³-hybridized carbons (Fsp3) is 0.278. The number of carbonyl (C=O) groups is 1. The molecule has 24 heavy (non-hydrogen) atoms. The summed E-state index contributed by atoms with van der Waals surface area (Å²) in [5, 5.41) is 21.2. The maximum Gasteiger partial charge on any atom is 0.252 e. The number of aromatic nitrogens is 3. The van der Waals surface area contributed by atoms with Gasteiger partial charge in [-0.25, -0.2) is 0 Å². The maximum absolute atomic E-state index is 12.4. The van der Waals surface area contributed by atoms with Gasteiger partial charge in [0.15, 0.2) is 5.65 Å². The first-order chi connectivity index (χ1) is 11.5. The molecule has 6 nitrogen and oxygen atoms in total. The Kier molecular flexibility index (Phi) is 4.57. The summed E-state index contributed by atoms with van der Waals surface area (Å²) in [7, 11) is 0. The molecule has 124 valence electrons. The molecule has 0 aliphatic rings. The summed E-state index contributed by atoms with van der Waals surface area (Å²) in [6.45, 7) is 3.72. The number of hydrogen-bond acceptors (Lipinski definition) is 4. The van der Waals surface area contributed by atoms with Crippen molar-refractivity contribution in [3.63, 3.8) is 0 Å². The molecule has 0 bridgehead atoms. The summed E-state index contributed by atoms with van der Waals surface area (Å²) in [5.74, 6) is 0.546. The second kappa shape index (κ2) is 6.80. The Hall–Kier alpha value is -2.73. The number of benzene rings is 1. The lowest BCUT2D eigenvalue weighted by molar-refractivity contribution is 0.0916. The van der Waals surface area contributed by atoms with Crippen molar-refractivity contribution in [3.05, 3.63) is 65.6 Å². The monoisotopic (exact) mass is 324 g/mol. The molecule has 1 aromatic carbocycles. The van der Waals surface area contributed by atoms with Gasteiger partial charge in [-0.3, -0.25) is 9.20 Å². The highest BCUT2D eigenvalue weighted by Gasteiger charge is 2.16. The van der Waals surface area contributed by atoms with Crippen molar-refractivity contribution in [3.8, 4) is 0 Å². The molecule has 0 spiro atoms. The number of aliphatic hydroxyl groups is 1. The minimum atomic E-state index is -0.607. The van der Waals surface area contributed by atoms with Crippen molar-refractivity contribution in [2.45, 2.75) is 32.4 Å². The molecule has 0 fully saturated rings. The van der Waals surface area contributed by atoms with Crippen LogP contribution in [0.2, 0.25) is 0 Å². The van der Waals surface area contributed by atoms with Gasteiger partial charge in [0.05, 0.1) is 11.7 Å². The molecule has 0 radical (unpaired) electrons. The fourth-order valence-corrected chi connectivity index (χ4v) is 2.65. The third-order valence-corrected chi connectivity index (χ3v) is 3.97. The molecule has 0 saturated carbocycles. The lowest BCUT2D eigenvalue weighted by Gasteiger charge is -2.18. The van der Waals surface area contributed by atoms with Gasteiger partial charge in [-0.2, -0.15) is 0 Å². The Bertz CT molecular complexity index is 845. The Balaban J connectivity index is 1.65. The van der Waals surface area contributed by atoms with Crippen LogP contribution in [-0.2, 0) is 0 Å². The third-order valence-electron chi connectivity index (χ3n) is 3.97. The quantitative estimate of drug-likeness (QED) is 0.754. The smallest absolute Gasteiger partial charge is 0.252 e. The average Bonchev–Trinajstić information content (AvgIpc) is 2.96. The van der Waals surface area contributed by atoms with E-state index in [1.165, 1.54) is 0 Å². The maximum atomic E-state index is 12.4. The number of pyridine rings is 1. The normalized spacial score (nSPS) is 13.6. The van der Waals surface area contributed by atoms with Crippen molar-refractivity contribution >= 4 is 11.6 Å². The van der Waals surface area contributed by atoms with Crippen LogP contribution in [0.3, 0.4) is 0 Å². The van der Waals surface area contributed by atoms with Crippen LogP contribution >= 0.6 is 0 Å². The Morgan fingerprint density at radius 1 is 1.21 bits per heavy atom. The minimum Gasteiger partial charge on any atom is -0.388 e.